The van der Waals surface area contributed by atoms with Crippen LogP contribution >= 0.6 is 11.6 Å². The van der Waals surface area contributed by atoms with E-state index in [1.54, 1.807) is 66.7 Å². The van der Waals surface area contributed by atoms with Crippen molar-refractivity contribution < 1.29 is 22.7 Å². The Kier molecular flexibility index (Phi) is 11.6. The molecule has 0 saturated carbocycles. The van der Waals surface area contributed by atoms with Gasteiger partial charge < -0.3 is 15.0 Å². The molecular formula is C35H38ClN3O5S. The quantitative estimate of drug-likeness (QED) is 0.179. The fraction of sp³-hybridized carbons (Fsp3) is 0.257. The molecule has 0 unspecified atom stereocenters. The molecule has 0 bridgehead atoms. The molecule has 0 saturated heterocycles. The van der Waals surface area contributed by atoms with Gasteiger partial charge in [0.05, 0.1) is 17.2 Å². The zero-order chi connectivity index (χ0) is 32.4. The highest BCUT2D eigenvalue weighted by Gasteiger charge is 2.34. The number of nitrogens with one attached hydrogen (secondary N) is 1. The molecule has 0 radical (unpaired) electrons. The number of amides is 2. The molecule has 236 valence electrons. The summed E-state index contributed by atoms with van der Waals surface area (Å²) in [6, 6.07) is 29.9. The van der Waals surface area contributed by atoms with Crippen LogP contribution in [0.2, 0.25) is 5.02 Å². The van der Waals surface area contributed by atoms with E-state index < -0.39 is 28.5 Å². The number of rotatable bonds is 14. The van der Waals surface area contributed by atoms with Crippen molar-refractivity contribution >= 4 is 39.1 Å². The molecule has 1 atom stereocenters. The Morgan fingerprint density at radius 2 is 1.42 bits per heavy atom. The minimum absolute atomic E-state index is 0.00486. The number of benzene rings is 4. The molecule has 10 heteroatoms. The van der Waals surface area contributed by atoms with Crippen molar-refractivity contribution in [2.45, 2.75) is 50.7 Å². The van der Waals surface area contributed by atoms with Gasteiger partial charge in [0, 0.05) is 24.0 Å². The van der Waals surface area contributed by atoms with E-state index in [0.717, 1.165) is 15.4 Å². The molecule has 0 heterocycles. The van der Waals surface area contributed by atoms with E-state index in [1.807, 2.05) is 51.1 Å². The van der Waals surface area contributed by atoms with Crippen LogP contribution in [-0.4, -0.2) is 50.4 Å². The van der Waals surface area contributed by atoms with Crippen molar-refractivity contribution in [3.63, 3.8) is 0 Å². The van der Waals surface area contributed by atoms with E-state index in [0.29, 0.717) is 23.1 Å². The number of carbonyl (C=O) groups is 2. The fourth-order valence-corrected chi connectivity index (χ4v) is 6.39. The maximum absolute atomic E-state index is 14.4. The first kappa shape index (κ1) is 33.6. The molecule has 0 aromatic heterocycles. The van der Waals surface area contributed by atoms with Gasteiger partial charge in [-0.15, -0.1) is 0 Å². The number of carbonyl (C=O) groups excluding carboxylic acids is 2. The minimum atomic E-state index is -4.20. The minimum Gasteiger partial charge on any atom is -0.494 e. The lowest BCUT2D eigenvalue weighted by Crippen LogP contribution is -2.54. The largest absolute Gasteiger partial charge is 0.494 e. The monoisotopic (exact) mass is 647 g/mol. The maximum Gasteiger partial charge on any atom is 0.264 e. The number of hydrogen-bond acceptors (Lipinski definition) is 5. The highest BCUT2D eigenvalue weighted by atomic mass is 35.5. The first-order valence-corrected chi connectivity index (χ1v) is 16.6. The van der Waals surface area contributed by atoms with Crippen LogP contribution in [0.4, 0.5) is 5.69 Å². The molecule has 0 aliphatic carbocycles. The Morgan fingerprint density at radius 3 is 2.00 bits per heavy atom. The van der Waals surface area contributed by atoms with Gasteiger partial charge in [-0.25, -0.2) is 8.42 Å². The van der Waals surface area contributed by atoms with E-state index in [4.69, 9.17) is 16.3 Å². The van der Waals surface area contributed by atoms with Crippen LogP contribution in [0.3, 0.4) is 0 Å². The van der Waals surface area contributed by atoms with Crippen LogP contribution in [0.1, 0.15) is 31.9 Å². The van der Waals surface area contributed by atoms with Crippen LogP contribution in [0.25, 0.3) is 0 Å². The average molecular weight is 648 g/mol. The lowest BCUT2D eigenvalue weighted by molar-refractivity contribution is -0.140. The molecule has 0 aliphatic rings. The molecule has 2 amide bonds. The molecule has 0 spiro atoms. The van der Waals surface area contributed by atoms with Gasteiger partial charge in [-0.05, 0) is 80.4 Å². The first-order chi connectivity index (χ1) is 21.6. The molecular weight excluding hydrogens is 610 g/mol. The lowest BCUT2D eigenvalue weighted by atomic mass is 10.0. The van der Waals surface area contributed by atoms with Gasteiger partial charge in [0.25, 0.3) is 10.0 Å². The molecule has 0 fully saturated rings. The predicted molar refractivity (Wildman–Crippen MR) is 178 cm³/mol. The molecule has 45 heavy (non-hydrogen) atoms. The van der Waals surface area contributed by atoms with E-state index >= 15 is 0 Å². The molecule has 8 nitrogen and oxygen atoms in total. The average Bonchev–Trinajstić information content (AvgIpc) is 3.03. The maximum atomic E-state index is 14.4. The van der Waals surface area contributed by atoms with Crippen molar-refractivity contribution in [3.8, 4) is 5.75 Å². The summed E-state index contributed by atoms with van der Waals surface area (Å²) < 4.78 is 34.8. The highest BCUT2D eigenvalue weighted by Crippen LogP contribution is 2.26. The molecule has 4 aromatic rings. The SMILES string of the molecule is CCOc1ccc(S(=O)(=O)N(CC(=O)N(Cc2ccc(Cl)cc2)[C@H](Cc2ccccc2)C(=O)NC(C)C)c2ccccc2)cc1. The van der Waals surface area contributed by atoms with Gasteiger partial charge >= 0.3 is 0 Å². The summed E-state index contributed by atoms with van der Waals surface area (Å²) in [5, 5.41) is 3.49. The summed E-state index contributed by atoms with van der Waals surface area (Å²) in [5.41, 5.74) is 1.92. The van der Waals surface area contributed by atoms with Gasteiger partial charge in [0.2, 0.25) is 11.8 Å². The van der Waals surface area contributed by atoms with E-state index in [1.165, 1.54) is 17.0 Å². The number of nitrogens with zero attached hydrogens (tertiary/aromatic N) is 2. The zero-order valence-electron chi connectivity index (χ0n) is 25.6. The number of halogens is 1. The number of sulfonamides is 1. The zero-order valence-corrected chi connectivity index (χ0v) is 27.2. The third-order valence-corrected chi connectivity index (χ3v) is 9.05. The topological polar surface area (TPSA) is 96.0 Å². The molecule has 4 aromatic carbocycles. The normalized spacial score (nSPS) is 11.9. The van der Waals surface area contributed by atoms with Crippen LogP contribution in [0.15, 0.2) is 114 Å². The Hall–Kier alpha value is -4.34. The first-order valence-electron chi connectivity index (χ1n) is 14.8. The van der Waals surface area contributed by atoms with E-state index in [2.05, 4.69) is 5.32 Å². The second kappa shape index (κ2) is 15.6. The van der Waals surface area contributed by atoms with Crippen LogP contribution in [0, 0.1) is 0 Å². The van der Waals surface area contributed by atoms with Gasteiger partial charge in [0.1, 0.15) is 18.3 Å². The second-order valence-corrected chi connectivity index (χ2v) is 13.1. The predicted octanol–water partition coefficient (Wildman–Crippen LogP) is 6.10. The fourth-order valence-electron chi connectivity index (χ4n) is 4.85. The van der Waals surface area contributed by atoms with Crippen LogP contribution in [-0.2, 0) is 32.6 Å². The number of ether oxygens (including phenoxy) is 1. The Morgan fingerprint density at radius 1 is 0.822 bits per heavy atom. The van der Waals surface area contributed by atoms with Crippen molar-refractivity contribution in [2.24, 2.45) is 0 Å². The van der Waals surface area contributed by atoms with Crippen LogP contribution in [0.5, 0.6) is 5.75 Å². The Labute approximate surface area is 270 Å². The number of anilines is 1. The molecule has 4 rings (SSSR count). The van der Waals surface area contributed by atoms with Gasteiger partial charge in [-0.1, -0.05) is 72.3 Å². The third-order valence-electron chi connectivity index (χ3n) is 7.01. The summed E-state index contributed by atoms with van der Waals surface area (Å²) in [6.45, 7) is 5.51. The summed E-state index contributed by atoms with van der Waals surface area (Å²) in [6.07, 6.45) is 0.232. The summed E-state index contributed by atoms with van der Waals surface area (Å²) >= 11 is 6.13. The number of para-hydroxylation sites is 1. The van der Waals surface area contributed by atoms with Gasteiger partial charge in [-0.2, -0.15) is 0 Å². The summed E-state index contributed by atoms with van der Waals surface area (Å²) in [5.74, 6) is -0.340. The Balaban J connectivity index is 1.77. The lowest BCUT2D eigenvalue weighted by Gasteiger charge is -2.34. The second-order valence-electron chi connectivity index (χ2n) is 10.8. The smallest absolute Gasteiger partial charge is 0.264 e. The van der Waals surface area contributed by atoms with E-state index in [9.17, 15) is 18.0 Å². The summed E-state index contributed by atoms with van der Waals surface area (Å²) in [4.78, 5) is 29.6. The van der Waals surface area contributed by atoms with Crippen molar-refractivity contribution in [1.29, 1.82) is 0 Å². The van der Waals surface area contributed by atoms with Crippen LogP contribution < -0.4 is 14.4 Å². The third kappa shape index (κ3) is 9.09. The summed E-state index contributed by atoms with van der Waals surface area (Å²) in [7, 11) is -4.20. The van der Waals surface area contributed by atoms with E-state index in [-0.39, 0.29) is 29.8 Å². The van der Waals surface area contributed by atoms with Gasteiger partial charge in [0.15, 0.2) is 0 Å². The Bertz CT molecular complexity index is 1650. The molecule has 1 N–H and O–H groups in total. The van der Waals surface area contributed by atoms with Crippen molar-refractivity contribution in [2.75, 3.05) is 17.5 Å². The highest BCUT2D eigenvalue weighted by molar-refractivity contribution is 7.92. The molecule has 0 aliphatic heterocycles. The van der Waals surface area contributed by atoms with Crippen molar-refractivity contribution in [1.82, 2.24) is 10.2 Å². The van der Waals surface area contributed by atoms with Gasteiger partial charge in [-0.3, -0.25) is 13.9 Å². The standard InChI is InChI=1S/C35H38ClN3O5S/c1-4-44-31-19-21-32(22-20-31)45(42,43)39(30-13-9-6-10-14-30)25-34(40)38(24-28-15-17-29(36)18-16-28)33(35(41)37-26(2)3)23-27-11-7-5-8-12-27/h5-22,26,33H,4,23-25H2,1-3H3,(H,37,41)/t33-/m1/s1. The number of hydrogen-bond donors (Lipinski definition) is 1. The van der Waals surface area contributed by atoms with Crippen molar-refractivity contribution in [3.05, 3.63) is 125 Å².